The third-order valence-corrected chi connectivity index (χ3v) is 7.19. The molecule has 6 heteroatoms. The maximum absolute atomic E-state index is 12.1. The van der Waals surface area contributed by atoms with Crippen molar-refractivity contribution in [2.24, 2.45) is 5.92 Å². The molecule has 126 valence electrons. The van der Waals surface area contributed by atoms with Crippen LogP contribution >= 0.6 is 11.8 Å². The van der Waals surface area contributed by atoms with Gasteiger partial charge in [-0.1, -0.05) is 27.2 Å². The Morgan fingerprint density at radius 1 is 1.29 bits per heavy atom. The van der Waals surface area contributed by atoms with Gasteiger partial charge in [0.2, 0.25) is 0 Å². The summed E-state index contributed by atoms with van der Waals surface area (Å²) in [6.45, 7) is 10.2. The molecule has 0 spiro atoms. The van der Waals surface area contributed by atoms with E-state index in [-0.39, 0.29) is 11.1 Å². The molecule has 1 saturated heterocycles. The van der Waals surface area contributed by atoms with Crippen LogP contribution in [0.15, 0.2) is 0 Å². The second-order valence-corrected chi connectivity index (χ2v) is 9.77. The van der Waals surface area contributed by atoms with Gasteiger partial charge in [0.15, 0.2) is 9.84 Å². The Balaban J connectivity index is 2.23. The maximum Gasteiger partial charge on any atom is 0.166 e. The van der Waals surface area contributed by atoms with E-state index in [1.54, 1.807) is 18.7 Å². The molecule has 21 heavy (non-hydrogen) atoms. The van der Waals surface area contributed by atoms with E-state index in [1.807, 2.05) is 0 Å². The Kier molecular flexibility index (Phi) is 9.25. The van der Waals surface area contributed by atoms with Crippen LogP contribution in [0.2, 0.25) is 0 Å². The van der Waals surface area contributed by atoms with E-state index in [0.29, 0.717) is 5.92 Å². The van der Waals surface area contributed by atoms with Crippen molar-refractivity contribution >= 4 is 21.6 Å². The minimum atomic E-state index is -2.94. The van der Waals surface area contributed by atoms with Crippen LogP contribution in [0.4, 0.5) is 0 Å². The minimum Gasteiger partial charge on any atom is -0.316 e. The van der Waals surface area contributed by atoms with E-state index < -0.39 is 9.84 Å². The van der Waals surface area contributed by atoms with Crippen molar-refractivity contribution in [2.75, 3.05) is 43.4 Å². The molecule has 0 aliphatic carbocycles. The SMILES string of the molecule is CCS(=O)(=O)C1CSCCN1CCCCCNCC(C)C. The maximum atomic E-state index is 12.1. The van der Waals surface area contributed by atoms with Crippen LogP contribution in [0.25, 0.3) is 0 Å². The number of rotatable bonds is 10. The summed E-state index contributed by atoms with van der Waals surface area (Å²) in [4.78, 5) is 2.19. The highest BCUT2D eigenvalue weighted by Gasteiger charge is 2.32. The predicted molar refractivity (Wildman–Crippen MR) is 93.7 cm³/mol. The van der Waals surface area contributed by atoms with Gasteiger partial charge in [0.25, 0.3) is 0 Å². The molecule has 0 bridgehead atoms. The molecular weight excluding hydrogens is 304 g/mol. The Morgan fingerprint density at radius 2 is 2.05 bits per heavy atom. The molecule has 1 fully saturated rings. The summed E-state index contributed by atoms with van der Waals surface area (Å²) in [6, 6.07) is 0. The van der Waals surface area contributed by atoms with E-state index in [4.69, 9.17) is 0 Å². The molecule has 0 aromatic heterocycles. The molecule has 1 N–H and O–H groups in total. The number of nitrogens with one attached hydrogen (secondary N) is 1. The van der Waals surface area contributed by atoms with E-state index in [1.165, 1.54) is 12.8 Å². The second kappa shape index (κ2) is 10.1. The van der Waals surface area contributed by atoms with Crippen LogP contribution in [0.3, 0.4) is 0 Å². The molecule has 1 atom stereocenters. The predicted octanol–water partition coefficient (Wildman–Crippen LogP) is 2.21. The average Bonchev–Trinajstić information content (AvgIpc) is 2.46. The lowest BCUT2D eigenvalue weighted by Gasteiger charge is -2.34. The summed E-state index contributed by atoms with van der Waals surface area (Å²) < 4.78 is 24.3. The molecule has 0 amide bonds. The van der Waals surface area contributed by atoms with Gasteiger partial charge < -0.3 is 5.32 Å². The van der Waals surface area contributed by atoms with Crippen LogP contribution in [-0.4, -0.2) is 62.1 Å². The summed E-state index contributed by atoms with van der Waals surface area (Å²) in [5.41, 5.74) is 0. The lowest BCUT2D eigenvalue weighted by molar-refractivity contribution is 0.263. The van der Waals surface area contributed by atoms with E-state index in [0.717, 1.165) is 44.1 Å². The fourth-order valence-electron chi connectivity index (χ4n) is 2.53. The van der Waals surface area contributed by atoms with Gasteiger partial charge in [-0.2, -0.15) is 11.8 Å². The standard InChI is InChI=1S/C15H32N2O2S2/c1-4-21(18,19)15-13-20-11-10-17(15)9-7-5-6-8-16-12-14(2)3/h14-16H,4-13H2,1-3H3. The van der Waals surface area contributed by atoms with Crippen molar-refractivity contribution < 1.29 is 8.42 Å². The molecular formula is C15H32N2O2S2. The highest BCUT2D eigenvalue weighted by molar-refractivity contribution is 8.01. The number of hydrogen-bond acceptors (Lipinski definition) is 5. The molecule has 0 saturated carbocycles. The van der Waals surface area contributed by atoms with Gasteiger partial charge in [0, 0.05) is 23.8 Å². The van der Waals surface area contributed by atoms with E-state index in [9.17, 15) is 8.42 Å². The fourth-order valence-corrected chi connectivity index (χ4v) is 5.64. The van der Waals surface area contributed by atoms with Crippen LogP contribution in [0.5, 0.6) is 0 Å². The number of sulfone groups is 1. The number of nitrogens with zero attached hydrogens (tertiary/aromatic N) is 1. The quantitative estimate of drug-likeness (QED) is 0.620. The second-order valence-electron chi connectivity index (χ2n) is 6.18. The first-order valence-corrected chi connectivity index (χ1v) is 11.1. The molecule has 1 aliphatic heterocycles. The summed E-state index contributed by atoms with van der Waals surface area (Å²) in [7, 11) is -2.94. The molecule has 1 aliphatic rings. The lowest BCUT2D eigenvalue weighted by Crippen LogP contribution is -2.48. The zero-order valence-corrected chi connectivity index (χ0v) is 15.4. The number of unbranched alkanes of at least 4 members (excludes halogenated alkanes) is 2. The van der Waals surface area contributed by atoms with Crippen molar-refractivity contribution in [3.05, 3.63) is 0 Å². The van der Waals surface area contributed by atoms with Crippen molar-refractivity contribution in [1.82, 2.24) is 10.2 Å². The first kappa shape index (κ1) is 19.3. The summed E-state index contributed by atoms with van der Waals surface area (Å²) >= 11 is 1.77. The van der Waals surface area contributed by atoms with Gasteiger partial charge in [-0.05, 0) is 38.4 Å². The largest absolute Gasteiger partial charge is 0.316 e. The Labute approximate surface area is 135 Å². The average molecular weight is 337 g/mol. The first-order valence-electron chi connectivity index (χ1n) is 8.21. The van der Waals surface area contributed by atoms with E-state index >= 15 is 0 Å². The van der Waals surface area contributed by atoms with E-state index in [2.05, 4.69) is 24.1 Å². The van der Waals surface area contributed by atoms with Crippen molar-refractivity contribution in [3.8, 4) is 0 Å². The number of thioether (sulfide) groups is 1. The first-order chi connectivity index (χ1) is 9.97. The zero-order valence-electron chi connectivity index (χ0n) is 13.8. The van der Waals surface area contributed by atoms with Gasteiger partial charge in [-0.25, -0.2) is 8.42 Å². The van der Waals surface area contributed by atoms with Crippen LogP contribution < -0.4 is 5.32 Å². The van der Waals surface area contributed by atoms with Crippen molar-refractivity contribution in [2.45, 2.75) is 45.4 Å². The minimum absolute atomic E-state index is 0.250. The fraction of sp³-hybridized carbons (Fsp3) is 1.00. The molecule has 0 aromatic carbocycles. The van der Waals surface area contributed by atoms with Gasteiger partial charge >= 0.3 is 0 Å². The van der Waals surface area contributed by atoms with Crippen molar-refractivity contribution in [3.63, 3.8) is 0 Å². The normalized spacial score (nSPS) is 21.0. The lowest BCUT2D eigenvalue weighted by atomic mass is 10.2. The van der Waals surface area contributed by atoms with Crippen molar-refractivity contribution in [1.29, 1.82) is 0 Å². The van der Waals surface area contributed by atoms with Gasteiger partial charge in [-0.15, -0.1) is 0 Å². The third-order valence-electron chi connectivity index (χ3n) is 3.86. The molecule has 1 unspecified atom stereocenters. The summed E-state index contributed by atoms with van der Waals surface area (Å²) in [5, 5.41) is 3.20. The number of hydrogen-bond donors (Lipinski definition) is 1. The molecule has 0 aromatic rings. The topological polar surface area (TPSA) is 49.4 Å². The Hall–Kier alpha value is 0.220. The van der Waals surface area contributed by atoms with Gasteiger partial charge in [0.05, 0.1) is 0 Å². The Bertz CT molecular complexity index is 372. The van der Waals surface area contributed by atoms with Gasteiger partial charge in [-0.3, -0.25) is 4.90 Å². The molecule has 0 radical (unpaired) electrons. The monoisotopic (exact) mass is 336 g/mol. The smallest absolute Gasteiger partial charge is 0.166 e. The highest BCUT2D eigenvalue weighted by Crippen LogP contribution is 2.21. The van der Waals surface area contributed by atoms with Crippen LogP contribution in [0, 0.1) is 5.92 Å². The zero-order chi connectivity index (χ0) is 15.7. The van der Waals surface area contributed by atoms with Crippen LogP contribution in [-0.2, 0) is 9.84 Å². The van der Waals surface area contributed by atoms with Crippen LogP contribution in [0.1, 0.15) is 40.0 Å². The highest BCUT2D eigenvalue weighted by atomic mass is 32.2. The summed E-state index contributed by atoms with van der Waals surface area (Å²) in [5.74, 6) is 2.77. The molecule has 1 heterocycles. The third kappa shape index (κ3) is 7.35. The van der Waals surface area contributed by atoms with Gasteiger partial charge in [0.1, 0.15) is 5.37 Å². The summed E-state index contributed by atoms with van der Waals surface area (Å²) in [6.07, 6.45) is 3.46. The molecule has 4 nitrogen and oxygen atoms in total. The molecule has 1 rings (SSSR count). The Morgan fingerprint density at radius 3 is 2.71 bits per heavy atom.